The van der Waals surface area contributed by atoms with Crippen molar-refractivity contribution in [3.05, 3.63) is 47.2 Å². The Kier molecular flexibility index (Phi) is 14.3. The third-order valence-electron chi connectivity index (χ3n) is 10.4. The maximum Gasteiger partial charge on any atom is 0.227 e. The minimum absolute atomic E-state index is 0. The van der Waals surface area contributed by atoms with Crippen LogP contribution >= 0.6 is 24.0 Å². The van der Waals surface area contributed by atoms with Crippen molar-refractivity contribution in [1.82, 2.24) is 25.1 Å². The molecular formula is C39H55Cl2N7O4. The monoisotopic (exact) mass is 755 g/mol. The summed E-state index contributed by atoms with van der Waals surface area (Å²) in [7, 11) is 3.31. The van der Waals surface area contributed by atoms with Crippen LogP contribution in [0.2, 0.25) is 5.02 Å². The largest absolute Gasteiger partial charge is 0.496 e. The summed E-state index contributed by atoms with van der Waals surface area (Å²) in [5.74, 6) is 0.379. The predicted molar refractivity (Wildman–Crippen MR) is 212 cm³/mol. The first-order valence-electron chi connectivity index (χ1n) is 18.2. The zero-order chi connectivity index (χ0) is 36.9. The molecule has 1 amide bonds. The molecule has 5 rings (SSSR count). The third kappa shape index (κ3) is 9.53. The van der Waals surface area contributed by atoms with E-state index in [0.717, 1.165) is 62.3 Å². The number of carbonyl (C=O) groups excluding carboxylic acids is 3. The fourth-order valence-electron chi connectivity index (χ4n) is 7.24. The summed E-state index contributed by atoms with van der Waals surface area (Å²) in [4.78, 5) is 56.5. The number of ether oxygens (including phenoxy) is 1. The molecule has 0 saturated carbocycles. The van der Waals surface area contributed by atoms with Gasteiger partial charge in [0.25, 0.3) is 0 Å². The first-order valence-corrected chi connectivity index (χ1v) is 18.6. The molecule has 3 aromatic rings. The minimum atomic E-state index is -0.570. The van der Waals surface area contributed by atoms with Crippen LogP contribution < -0.4 is 20.3 Å². The number of hydrogen-bond acceptors (Lipinski definition) is 10. The van der Waals surface area contributed by atoms with Gasteiger partial charge in [0.15, 0.2) is 5.78 Å². The van der Waals surface area contributed by atoms with E-state index in [1.165, 1.54) is 6.33 Å². The van der Waals surface area contributed by atoms with Crippen molar-refractivity contribution in [3.8, 4) is 5.75 Å². The average molecular weight is 757 g/mol. The number of carbonyl (C=O) groups is 3. The fourth-order valence-corrected chi connectivity index (χ4v) is 7.54. The van der Waals surface area contributed by atoms with E-state index in [0.29, 0.717) is 40.6 Å². The summed E-state index contributed by atoms with van der Waals surface area (Å²) >= 11 is 6.82. The number of ketones is 2. The van der Waals surface area contributed by atoms with Crippen LogP contribution in [0.3, 0.4) is 0 Å². The van der Waals surface area contributed by atoms with Crippen molar-refractivity contribution < 1.29 is 19.1 Å². The molecule has 2 saturated heterocycles. The molecule has 0 bridgehead atoms. The summed E-state index contributed by atoms with van der Waals surface area (Å²) in [6, 6.07) is 8.77. The van der Waals surface area contributed by atoms with Gasteiger partial charge in [0.05, 0.1) is 35.4 Å². The minimum Gasteiger partial charge on any atom is -0.496 e. The lowest BCUT2D eigenvalue weighted by Crippen LogP contribution is -2.48. The van der Waals surface area contributed by atoms with Crippen LogP contribution in [0.4, 0.5) is 17.2 Å². The first kappa shape index (κ1) is 41.2. The van der Waals surface area contributed by atoms with E-state index < -0.39 is 17.4 Å². The van der Waals surface area contributed by atoms with Crippen molar-refractivity contribution in [2.45, 2.75) is 78.8 Å². The van der Waals surface area contributed by atoms with E-state index in [2.05, 4.69) is 37.3 Å². The number of methoxy groups -OCH3 is 1. The van der Waals surface area contributed by atoms with Crippen LogP contribution in [0.1, 0.15) is 65.9 Å². The van der Waals surface area contributed by atoms with Crippen molar-refractivity contribution >= 4 is 69.6 Å². The van der Waals surface area contributed by atoms with Gasteiger partial charge in [-0.25, -0.2) is 9.97 Å². The smallest absolute Gasteiger partial charge is 0.227 e. The molecule has 2 aliphatic rings. The Labute approximate surface area is 319 Å². The molecule has 0 spiro atoms. The summed E-state index contributed by atoms with van der Waals surface area (Å²) in [6.45, 7) is 15.5. The molecule has 2 aromatic carbocycles. The van der Waals surface area contributed by atoms with Crippen LogP contribution in [0, 0.1) is 11.3 Å². The summed E-state index contributed by atoms with van der Waals surface area (Å²) in [5.41, 5.74) is 2.71. The molecule has 11 nitrogen and oxygen atoms in total. The highest BCUT2D eigenvalue weighted by Crippen LogP contribution is 2.36. The number of rotatable bonds is 14. The summed E-state index contributed by atoms with van der Waals surface area (Å²) in [6.07, 6.45) is 4.16. The SMILES string of the molecule is CCCN1CCN(c2ccc(Nc3ncnc4cc(OC)c(CC(=O)[C@@H]5CCCN5C(=O)[C@@H](CC(=O)[C@H](C)NC)C(C)(C)C)cc34)cc2Cl)CC1.Cl. The highest BCUT2D eigenvalue weighted by Gasteiger charge is 2.42. The Bertz CT molecular complexity index is 1720. The second-order valence-electron chi connectivity index (χ2n) is 15.0. The number of fused-ring (bicyclic) bond motifs is 1. The standard InChI is InChI=1S/C39H54ClN7O4.ClH/c1-8-13-45-15-17-46(18-16-45)32-12-11-27(21-30(32)40)44-37-28-19-26(36(51-7)23-31(28)42-24-43-37)20-35(49)33-10-9-14-47(33)38(50)29(39(3,4)5)22-34(48)25(2)41-6;/h11-12,19,21,23-25,29,33,41H,8-10,13-18,20,22H2,1-7H3,(H,42,43,44);1H/t25-,29+,33-;/m0./s1. The Hall–Kier alpha value is -3.51. The second-order valence-corrected chi connectivity index (χ2v) is 15.4. The molecular weight excluding hydrogens is 701 g/mol. The maximum atomic E-state index is 14.0. The number of anilines is 3. The lowest BCUT2D eigenvalue weighted by Gasteiger charge is -2.36. The van der Waals surface area contributed by atoms with E-state index in [9.17, 15) is 14.4 Å². The van der Waals surface area contributed by atoms with Crippen LogP contribution in [-0.4, -0.2) is 103 Å². The number of aromatic nitrogens is 2. The molecule has 3 heterocycles. The zero-order valence-corrected chi connectivity index (χ0v) is 33.2. The van der Waals surface area contributed by atoms with E-state index in [-0.39, 0.29) is 48.8 Å². The molecule has 0 aliphatic carbocycles. The second kappa shape index (κ2) is 18.0. The van der Waals surface area contributed by atoms with Gasteiger partial charge < -0.3 is 25.2 Å². The summed E-state index contributed by atoms with van der Waals surface area (Å²) in [5, 5.41) is 7.80. The molecule has 2 N–H and O–H groups in total. The number of benzene rings is 2. The molecule has 284 valence electrons. The highest BCUT2D eigenvalue weighted by atomic mass is 35.5. The molecule has 2 aliphatic heterocycles. The van der Waals surface area contributed by atoms with Gasteiger partial charge in [-0.2, -0.15) is 0 Å². The molecule has 13 heteroatoms. The molecule has 1 aromatic heterocycles. The summed E-state index contributed by atoms with van der Waals surface area (Å²) < 4.78 is 5.73. The van der Waals surface area contributed by atoms with Crippen LogP contribution in [0.15, 0.2) is 36.7 Å². The molecule has 0 radical (unpaired) electrons. The topological polar surface area (TPSA) is 120 Å². The Balaban J connectivity index is 0.00000605. The zero-order valence-electron chi connectivity index (χ0n) is 31.6. The molecule has 52 heavy (non-hydrogen) atoms. The number of piperazine rings is 1. The van der Waals surface area contributed by atoms with Crippen LogP contribution in [0.5, 0.6) is 5.75 Å². The third-order valence-corrected chi connectivity index (χ3v) is 10.7. The number of likely N-dealkylation sites (N-methyl/N-ethyl adjacent to an activating group) is 1. The molecule has 2 fully saturated rings. The maximum absolute atomic E-state index is 14.0. The van der Waals surface area contributed by atoms with Crippen molar-refractivity contribution in [2.24, 2.45) is 11.3 Å². The number of likely N-dealkylation sites (tertiary alicyclic amines) is 1. The Morgan fingerprint density at radius 2 is 1.79 bits per heavy atom. The lowest BCUT2D eigenvalue weighted by atomic mass is 9.76. The van der Waals surface area contributed by atoms with Gasteiger partial charge in [-0.15, -0.1) is 12.4 Å². The average Bonchev–Trinajstić information content (AvgIpc) is 3.60. The number of amides is 1. The van der Waals surface area contributed by atoms with Crippen molar-refractivity contribution in [2.75, 3.05) is 63.6 Å². The van der Waals surface area contributed by atoms with E-state index in [4.69, 9.17) is 16.3 Å². The van der Waals surface area contributed by atoms with Crippen LogP contribution in [-0.2, 0) is 20.8 Å². The van der Waals surface area contributed by atoms with E-state index in [1.807, 2.05) is 51.1 Å². The molecule has 3 atom stereocenters. The van der Waals surface area contributed by atoms with Crippen molar-refractivity contribution in [1.29, 1.82) is 0 Å². The molecule has 0 unspecified atom stereocenters. The van der Waals surface area contributed by atoms with E-state index in [1.54, 1.807) is 26.0 Å². The Morgan fingerprint density at radius 3 is 2.42 bits per heavy atom. The number of halogens is 2. The Morgan fingerprint density at radius 1 is 1.06 bits per heavy atom. The van der Waals surface area contributed by atoms with Crippen molar-refractivity contribution in [3.63, 3.8) is 0 Å². The van der Waals surface area contributed by atoms with Gasteiger partial charge in [0.1, 0.15) is 23.7 Å². The number of hydrogen-bond donors (Lipinski definition) is 2. The quantitative estimate of drug-likeness (QED) is 0.194. The highest BCUT2D eigenvalue weighted by molar-refractivity contribution is 6.33. The normalized spacial score (nSPS) is 17.8. The lowest BCUT2D eigenvalue weighted by molar-refractivity contribution is -0.145. The van der Waals surface area contributed by atoms with Gasteiger partial charge in [-0.3, -0.25) is 19.3 Å². The van der Waals surface area contributed by atoms with Gasteiger partial charge in [0, 0.05) is 74.2 Å². The van der Waals surface area contributed by atoms with Gasteiger partial charge >= 0.3 is 0 Å². The van der Waals surface area contributed by atoms with Gasteiger partial charge in [-0.05, 0) is 69.5 Å². The number of nitrogens with one attached hydrogen (secondary N) is 2. The van der Waals surface area contributed by atoms with Gasteiger partial charge in [-0.1, -0.05) is 39.3 Å². The van der Waals surface area contributed by atoms with Gasteiger partial charge in [0.2, 0.25) is 5.91 Å². The number of Topliss-reactive ketones (excluding diaryl/α,β-unsaturated/α-hetero) is 2. The predicted octanol–water partition coefficient (Wildman–Crippen LogP) is 6.32. The van der Waals surface area contributed by atoms with E-state index >= 15 is 0 Å². The fraction of sp³-hybridized carbons (Fsp3) is 0.564. The first-order chi connectivity index (χ1) is 24.3. The van der Waals surface area contributed by atoms with Crippen LogP contribution in [0.25, 0.3) is 10.9 Å². The number of nitrogens with zero attached hydrogens (tertiary/aromatic N) is 5.